The molecule has 0 aromatic heterocycles. The average Bonchev–Trinajstić information content (AvgIpc) is 3.28. The lowest BCUT2D eigenvalue weighted by Crippen LogP contribution is -2.37. The van der Waals surface area contributed by atoms with Crippen molar-refractivity contribution < 1.29 is 23.9 Å². The van der Waals surface area contributed by atoms with Gasteiger partial charge in [-0.25, -0.2) is 4.79 Å². The van der Waals surface area contributed by atoms with Crippen molar-refractivity contribution in [1.29, 1.82) is 0 Å². The number of amides is 2. The number of nitrogens with one attached hydrogen (secondary N) is 1. The number of hydrogen-bond acceptors (Lipinski definition) is 5. The van der Waals surface area contributed by atoms with E-state index in [1.165, 1.54) is 7.11 Å². The van der Waals surface area contributed by atoms with Crippen molar-refractivity contribution in [2.45, 2.75) is 25.4 Å². The summed E-state index contributed by atoms with van der Waals surface area (Å²) >= 11 is 0. The van der Waals surface area contributed by atoms with Gasteiger partial charge in [-0.3, -0.25) is 9.59 Å². The molecule has 1 N–H and O–H groups in total. The molecule has 2 aliphatic heterocycles. The molecule has 0 aliphatic carbocycles. The summed E-state index contributed by atoms with van der Waals surface area (Å²) in [6.07, 6.45) is 2.26. The van der Waals surface area contributed by atoms with E-state index in [4.69, 9.17) is 4.74 Å². The van der Waals surface area contributed by atoms with Gasteiger partial charge in [-0.05, 0) is 37.1 Å². The summed E-state index contributed by atoms with van der Waals surface area (Å²) in [5, 5.41) is 2.89. The monoisotopic (exact) mass is 346 g/mol. The maximum atomic E-state index is 12.3. The van der Waals surface area contributed by atoms with Gasteiger partial charge in [-0.1, -0.05) is 0 Å². The Kier molecular flexibility index (Phi) is 5.33. The highest BCUT2D eigenvalue weighted by Crippen LogP contribution is 2.25. The largest absolute Gasteiger partial charge is 0.465 e. The number of methoxy groups -OCH3 is 1. The highest BCUT2D eigenvalue weighted by molar-refractivity contribution is 6.00. The topological polar surface area (TPSA) is 84.9 Å². The summed E-state index contributed by atoms with van der Waals surface area (Å²) in [4.78, 5) is 37.6. The van der Waals surface area contributed by atoms with Crippen LogP contribution in [-0.2, 0) is 19.1 Å². The molecule has 2 heterocycles. The number of carbonyl (C=O) groups is 3. The summed E-state index contributed by atoms with van der Waals surface area (Å²) in [6.45, 7) is 1.59. The van der Waals surface area contributed by atoms with E-state index >= 15 is 0 Å². The van der Waals surface area contributed by atoms with Crippen LogP contribution in [0.1, 0.15) is 29.6 Å². The first-order valence-corrected chi connectivity index (χ1v) is 8.46. The third-order valence-electron chi connectivity index (χ3n) is 4.62. The Labute approximate surface area is 146 Å². The van der Waals surface area contributed by atoms with Gasteiger partial charge in [-0.15, -0.1) is 0 Å². The van der Waals surface area contributed by atoms with Crippen molar-refractivity contribution in [2.75, 3.05) is 31.7 Å². The van der Waals surface area contributed by atoms with Gasteiger partial charge in [0.05, 0.1) is 24.7 Å². The lowest BCUT2D eigenvalue weighted by Gasteiger charge is -2.17. The molecule has 1 aromatic carbocycles. The smallest absolute Gasteiger partial charge is 0.337 e. The summed E-state index contributed by atoms with van der Waals surface area (Å²) in [6, 6.07) is 6.60. The number of benzene rings is 1. The van der Waals surface area contributed by atoms with Crippen molar-refractivity contribution in [3.8, 4) is 0 Å². The zero-order chi connectivity index (χ0) is 17.8. The van der Waals surface area contributed by atoms with Crippen LogP contribution < -0.4 is 10.2 Å². The fourth-order valence-corrected chi connectivity index (χ4v) is 3.19. The molecule has 2 fully saturated rings. The summed E-state index contributed by atoms with van der Waals surface area (Å²) in [7, 11) is 1.32. The number of nitrogens with zero attached hydrogens (tertiary/aromatic N) is 1. The van der Waals surface area contributed by atoms with E-state index in [-0.39, 0.29) is 30.3 Å². The third-order valence-corrected chi connectivity index (χ3v) is 4.62. The number of rotatable bonds is 5. The molecular formula is C18H22N2O5. The summed E-state index contributed by atoms with van der Waals surface area (Å²) < 4.78 is 10.1. The van der Waals surface area contributed by atoms with Gasteiger partial charge < -0.3 is 19.7 Å². The Morgan fingerprint density at radius 2 is 2.08 bits per heavy atom. The Morgan fingerprint density at radius 1 is 1.32 bits per heavy atom. The van der Waals surface area contributed by atoms with Crippen molar-refractivity contribution >= 4 is 23.5 Å². The lowest BCUT2D eigenvalue weighted by molar-refractivity contribution is -0.126. The van der Waals surface area contributed by atoms with Crippen LogP contribution in [0.3, 0.4) is 0 Å². The molecular weight excluding hydrogens is 324 g/mol. The van der Waals surface area contributed by atoms with E-state index in [0.29, 0.717) is 24.3 Å². The second-order valence-electron chi connectivity index (χ2n) is 6.32. The van der Waals surface area contributed by atoms with Crippen LogP contribution in [0.25, 0.3) is 0 Å². The van der Waals surface area contributed by atoms with Crippen LogP contribution in [0.2, 0.25) is 0 Å². The van der Waals surface area contributed by atoms with Gasteiger partial charge in [-0.2, -0.15) is 0 Å². The van der Waals surface area contributed by atoms with Crippen LogP contribution in [0.4, 0.5) is 5.69 Å². The molecule has 1 aromatic rings. The average molecular weight is 346 g/mol. The number of anilines is 1. The molecule has 2 unspecified atom stereocenters. The van der Waals surface area contributed by atoms with Crippen molar-refractivity contribution in [1.82, 2.24) is 5.32 Å². The van der Waals surface area contributed by atoms with Gasteiger partial charge in [0, 0.05) is 31.8 Å². The molecule has 0 spiro atoms. The van der Waals surface area contributed by atoms with Gasteiger partial charge in [0.15, 0.2) is 0 Å². The van der Waals surface area contributed by atoms with Crippen molar-refractivity contribution in [3.05, 3.63) is 29.8 Å². The molecule has 7 nitrogen and oxygen atoms in total. The molecule has 2 atom stereocenters. The summed E-state index contributed by atoms with van der Waals surface area (Å²) in [5.74, 6) is -1.000. The third kappa shape index (κ3) is 3.99. The van der Waals surface area contributed by atoms with Gasteiger partial charge >= 0.3 is 5.97 Å². The number of ether oxygens (including phenoxy) is 2. The highest BCUT2D eigenvalue weighted by Gasteiger charge is 2.35. The maximum Gasteiger partial charge on any atom is 0.337 e. The molecule has 2 saturated heterocycles. The first kappa shape index (κ1) is 17.4. The summed E-state index contributed by atoms with van der Waals surface area (Å²) in [5.41, 5.74) is 1.09. The van der Waals surface area contributed by atoms with Gasteiger partial charge in [0.25, 0.3) is 0 Å². The molecule has 2 amide bonds. The first-order valence-electron chi connectivity index (χ1n) is 8.46. The van der Waals surface area contributed by atoms with Crippen molar-refractivity contribution in [2.24, 2.45) is 5.92 Å². The van der Waals surface area contributed by atoms with E-state index in [1.54, 1.807) is 29.2 Å². The Bertz CT molecular complexity index is 652. The quantitative estimate of drug-likeness (QED) is 0.808. The normalized spacial score (nSPS) is 22.9. The van der Waals surface area contributed by atoms with E-state index in [2.05, 4.69) is 10.1 Å². The van der Waals surface area contributed by atoms with Gasteiger partial charge in [0.2, 0.25) is 11.8 Å². The Morgan fingerprint density at radius 3 is 2.72 bits per heavy atom. The minimum Gasteiger partial charge on any atom is -0.465 e. The van der Waals surface area contributed by atoms with Crippen LogP contribution in [-0.4, -0.2) is 50.7 Å². The van der Waals surface area contributed by atoms with E-state index in [1.807, 2.05) is 0 Å². The Balaban J connectivity index is 1.57. The molecule has 7 heteroatoms. The van der Waals surface area contributed by atoms with Crippen LogP contribution >= 0.6 is 0 Å². The standard InChI is InChI=1S/C18H22N2O5/c1-24-18(23)12-4-6-14(7-5-12)20-11-13(9-16(20)21)17(22)19-10-15-3-2-8-25-15/h4-7,13,15H,2-3,8-11H2,1H3,(H,19,22). The Hall–Kier alpha value is -2.41. The van der Waals surface area contributed by atoms with Gasteiger partial charge in [0.1, 0.15) is 0 Å². The zero-order valence-electron chi connectivity index (χ0n) is 14.2. The SMILES string of the molecule is COC(=O)c1ccc(N2CC(C(=O)NCC3CCCO3)CC2=O)cc1. The van der Waals surface area contributed by atoms with Crippen molar-refractivity contribution in [3.63, 3.8) is 0 Å². The maximum absolute atomic E-state index is 12.3. The number of hydrogen-bond donors (Lipinski definition) is 1. The molecule has 134 valence electrons. The van der Waals surface area contributed by atoms with Crippen LogP contribution in [0.5, 0.6) is 0 Å². The second kappa shape index (κ2) is 7.65. The van der Waals surface area contributed by atoms with Crippen LogP contribution in [0, 0.1) is 5.92 Å². The van der Waals surface area contributed by atoms with E-state index in [0.717, 1.165) is 19.4 Å². The van der Waals surface area contributed by atoms with Crippen LogP contribution in [0.15, 0.2) is 24.3 Å². The van der Waals surface area contributed by atoms with E-state index < -0.39 is 5.97 Å². The zero-order valence-corrected chi connectivity index (χ0v) is 14.2. The van der Waals surface area contributed by atoms with E-state index in [9.17, 15) is 14.4 Å². The second-order valence-corrected chi connectivity index (χ2v) is 6.32. The minimum absolute atomic E-state index is 0.0861. The molecule has 0 saturated carbocycles. The molecule has 3 rings (SSSR count). The fraction of sp³-hybridized carbons (Fsp3) is 0.500. The molecule has 2 aliphatic rings. The molecule has 25 heavy (non-hydrogen) atoms. The molecule has 0 radical (unpaired) electrons. The minimum atomic E-state index is -0.425. The predicted octanol–water partition coefficient (Wildman–Crippen LogP) is 1.12. The number of carbonyl (C=O) groups excluding carboxylic acids is 3. The predicted molar refractivity (Wildman–Crippen MR) is 90.2 cm³/mol. The fourth-order valence-electron chi connectivity index (χ4n) is 3.19. The highest BCUT2D eigenvalue weighted by atomic mass is 16.5. The lowest BCUT2D eigenvalue weighted by atomic mass is 10.1. The first-order chi connectivity index (χ1) is 12.1. The molecule has 0 bridgehead atoms. The number of esters is 1.